The average Bonchev–Trinajstić information content (AvgIpc) is 3.13. The highest BCUT2D eigenvalue weighted by Crippen LogP contribution is 2.35. The largest absolute Gasteiger partial charge is 0.462 e. The summed E-state index contributed by atoms with van der Waals surface area (Å²) in [5.74, 6) is -0.623. The molecule has 1 amide bonds. The number of nitrogens with one attached hydrogen (secondary N) is 1. The quantitative estimate of drug-likeness (QED) is 0.484. The molecule has 2 heterocycles. The topological polar surface area (TPSA) is 59.3 Å². The number of hydrogen-bond acceptors (Lipinski definition) is 4. The molecule has 3 aromatic rings. The summed E-state index contributed by atoms with van der Waals surface area (Å²) in [6, 6.07) is 15.6. The summed E-state index contributed by atoms with van der Waals surface area (Å²) in [7, 11) is 0. The molecule has 0 aliphatic carbocycles. The number of benzene rings is 1. The molecule has 0 radical (unpaired) electrons. The minimum Gasteiger partial charge on any atom is -0.462 e. The third-order valence-corrected chi connectivity index (χ3v) is 5.38. The lowest BCUT2D eigenvalue weighted by molar-refractivity contribution is -0.684. The van der Waals surface area contributed by atoms with Crippen molar-refractivity contribution in [3.05, 3.63) is 71.4 Å². The van der Waals surface area contributed by atoms with Gasteiger partial charge in [-0.25, -0.2) is 4.79 Å². The maximum Gasteiger partial charge on any atom is 0.350 e. The van der Waals surface area contributed by atoms with E-state index in [2.05, 4.69) is 12.2 Å². The second kappa shape index (κ2) is 9.28. The van der Waals surface area contributed by atoms with Crippen molar-refractivity contribution in [3.8, 4) is 10.4 Å². The molecule has 0 saturated heterocycles. The van der Waals surface area contributed by atoms with E-state index in [9.17, 15) is 9.59 Å². The molecule has 144 valence electrons. The number of aromatic nitrogens is 1. The molecule has 0 fully saturated rings. The fourth-order valence-corrected chi connectivity index (χ4v) is 3.77. The molecule has 0 atom stereocenters. The number of nitrogens with zero attached hydrogens (tertiary/aromatic N) is 1. The molecule has 28 heavy (non-hydrogen) atoms. The lowest BCUT2D eigenvalue weighted by Gasteiger charge is -2.05. The molecule has 0 bridgehead atoms. The van der Waals surface area contributed by atoms with Crippen LogP contribution in [0.1, 0.15) is 29.1 Å². The first-order chi connectivity index (χ1) is 13.6. The van der Waals surface area contributed by atoms with Crippen LogP contribution in [0.4, 0.5) is 5.69 Å². The fourth-order valence-electron chi connectivity index (χ4n) is 2.76. The van der Waals surface area contributed by atoms with E-state index in [1.54, 1.807) is 6.92 Å². The second-order valence-corrected chi connectivity index (χ2v) is 7.27. The molecule has 0 spiro atoms. The predicted octanol–water partition coefficient (Wildman–Crippen LogP) is 4.08. The number of hydrogen-bond donors (Lipinski definition) is 1. The first kappa shape index (κ1) is 19.8. The van der Waals surface area contributed by atoms with E-state index in [0.29, 0.717) is 10.6 Å². The van der Waals surface area contributed by atoms with Crippen LogP contribution in [-0.4, -0.2) is 18.5 Å². The Bertz CT molecular complexity index is 950. The van der Waals surface area contributed by atoms with Gasteiger partial charge in [-0.3, -0.25) is 4.79 Å². The van der Waals surface area contributed by atoms with Gasteiger partial charge in [-0.05, 0) is 30.5 Å². The van der Waals surface area contributed by atoms with Gasteiger partial charge in [0.1, 0.15) is 4.88 Å². The third-order valence-electron chi connectivity index (χ3n) is 4.22. The van der Waals surface area contributed by atoms with Crippen molar-refractivity contribution in [3.63, 3.8) is 0 Å². The van der Waals surface area contributed by atoms with Gasteiger partial charge in [-0.15, -0.1) is 11.3 Å². The lowest BCUT2D eigenvalue weighted by Crippen LogP contribution is -2.39. The van der Waals surface area contributed by atoms with Gasteiger partial charge in [0.15, 0.2) is 12.4 Å². The summed E-state index contributed by atoms with van der Waals surface area (Å²) >= 11 is 1.32. The van der Waals surface area contributed by atoms with Crippen LogP contribution in [0.2, 0.25) is 0 Å². The zero-order chi connectivity index (χ0) is 19.9. The van der Waals surface area contributed by atoms with Crippen LogP contribution in [0.25, 0.3) is 10.4 Å². The number of ether oxygens (including phenoxy) is 1. The minimum absolute atomic E-state index is 0.169. The number of amides is 1. The molecule has 0 aliphatic heterocycles. The Balaban J connectivity index is 1.81. The molecule has 6 heteroatoms. The smallest absolute Gasteiger partial charge is 0.350 e. The third kappa shape index (κ3) is 4.84. The van der Waals surface area contributed by atoms with Crippen molar-refractivity contribution in [2.45, 2.75) is 26.8 Å². The summed E-state index contributed by atoms with van der Waals surface area (Å²) in [5, 5.41) is 2.87. The van der Waals surface area contributed by atoms with Gasteiger partial charge in [-0.2, -0.15) is 4.57 Å². The first-order valence-electron chi connectivity index (χ1n) is 9.25. The molecular weight excluding hydrogens is 372 g/mol. The van der Waals surface area contributed by atoms with E-state index in [1.807, 2.05) is 65.5 Å². The highest BCUT2D eigenvalue weighted by atomic mass is 32.1. The van der Waals surface area contributed by atoms with E-state index >= 15 is 0 Å². The Morgan fingerprint density at radius 1 is 1.07 bits per heavy atom. The molecule has 1 N–H and O–H groups in total. The molecule has 0 saturated carbocycles. The van der Waals surface area contributed by atoms with E-state index in [-0.39, 0.29) is 19.1 Å². The zero-order valence-electron chi connectivity index (χ0n) is 16.0. The Morgan fingerprint density at radius 3 is 2.43 bits per heavy atom. The Kier molecular flexibility index (Phi) is 6.55. The molecular formula is C22H23N2O3S+. The van der Waals surface area contributed by atoms with Gasteiger partial charge in [0.2, 0.25) is 6.54 Å². The van der Waals surface area contributed by atoms with Gasteiger partial charge in [0.25, 0.3) is 5.91 Å². The monoisotopic (exact) mass is 395 g/mol. The molecule has 0 unspecified atom stereocenters. The number of thiophene rings is 1. The van der Waals surface area contributed by atoms with Gasteiger partial charge < -0.3 is 10.1 Å². The van der Waals surface area contributed by atoms with Crippen LogP contribution in [0.15, 0.2) is 60.9 Å². The van der Waals surface area contributed by atoms with Crippen molar-refractivity contribution >= 4 is 28.9 Å². The number of anilines is 1. The van der Waals surface area contributed by atoms with Crippen molar-refractivity contribution < 1.29 is 18.9 Å². The number of aryl methyl sites for hydroxylation is 1. The molecule has 0 aliphatic rings. The normalized spacial score (nSPS) is 10.5. The standard InChI is InChI=1S/C22H22N2O3S/c1-3-16-10-12-24(13-11-16)15-20(25)23-18-14-19(17-8-6-5-7-9-17)28-21(18)22(26)27-4-2/h5-14H,3-4,15H2,1-2H3/p+1. The second-order valence-electron chi connectivity index (χ2n) is 6.22. The highest BCUT2D eigenvalue weighted by Gasteiger charge is 2.21. The summed E-state index contributed by atoms with van der Waals surface area (Å²) in [4.78, 5) is 26.2. The summed E-state index contributed by atoms with van der Waals surface area (Å²) < 4.78 is 6.97. The van der Waals surface area contributed by atoms with Crippen LogP contribution in [-0.2, 0) is 22.5 Å². The summed E-state index contributed by atoms with van der Waals surface area (Å²) in [5.41, 5.74) is 2.69. The maximum atomic E-state index is 12.5. The zero-order valence-corrected chi connectivity index (χ0v) is 16.8. The molecule has 1 aromatic carbocycles. The maximum absolute atomic E-state index is 12.5. The van der Waals surface area contributed by atoms with Crippen LogP contribution < -0.4 is 9.88 Å². The number of pyridine rings is 1. The van der Waals surface area contributed by atoms with Gasteiger partial charge >= 0.3 is 5.97 Å². The average molecular weight is 396 g/mol. The highest BCUT2D eigenvalue weighted by molar-refractivity contribution is 7.18. The van der Waals surface area contributed by atoms with Gasteiger partial charge in [0.05, 0.1) is 12.3 Å². The predicted molar refractivity (Wildman–Crippen MR) is 110 cm³/mol. The van der Waals surface area contributed by atoms with Crippen LogP contribution in [0.5, 0.6) is 0 Å². The fraction of sp³-hybridized carbons (Fsp3) is 0.227. The Labute approximate surface area is 168 Å². The van der Waals surface area contributed by atoms with Crippen LogP contribution in [0.3, 0.4) is 0 Å². The number of carbonyl (C=O) groups excluding carboxylic acids is 2. The van der Waals surface area contributed by atoms with Crippen LogP contribution in [0, 0.1) is 0 Å². The summed E-state index contributed by atoms with van der Waals surface area (Å²) in [6.07, 6.45) is 4.72. The minimum atomic E-state index is -0.426. The van der Waals surface area contributed by atoms with Crippen molar-refractivity contribution in [1.82, 2.24) is 0 Å². The number of carbonyl (C=O) groups is 2. The van der Waals surface area contributed by atoms with E-state index < -0.39 is 5.97 Å². The van der Waals surface area contributed by atoms with Crippen molar-refractivity contribution in [2.24, 2.45) is 0 Å². The number of esters is 1. The molecule has 2 aromatic heterocycles. The van der Waals surface area contributed by atoms with Crippen molar-refractivity contribution in [2.75, 3.05) is 11.9 Å². The van der Waals surface area contributed by atoms with E-state index in [1.165, 1.54) is 16.9 Å². The first-order valence-corrected chi connectivity index (χ1v) is 10.1. The lowest BCUT2D eigenvalue weighted by atomic mass is 10.2. The summed E-state index contributed by atoms with van der Waals surface area (Å²) in [6.45, 7) is 4.30. The molecule has 5 nitrogen and oxygen atoms in total. The van der Waals surface area contributed by atoms with Crippen LogP contribution >= 0.6 is 11.3 Å². The van der Waals surface area contributed by atoms with E-state index in [4.69, 9.17) is 4.74 Å². The van der Waals surface area contributed by atoms with Gasteiger partial charge in [-0.1, -0.05) is 37.3 Å². The Morgan fingerprint density at radius 2 is 1.79 bits per heavy atom. The number of rotatable bonds is 7. The van der Waals surface area contributed by atoms with Crippen molar-refractivity contribution in [1.29, 1.82) is 0 Å². The Hall–Kier alpha value is -2.99. The van der Waals surface area contributed by atoms with Gasteiger partial charge in [0, 0.05) is 17.0 Å². The van der Waals surface area contributed by atoms with E-state index in [0.717, 1.165) is 16.9 Å². The molecule has 3 rings (SSSR count). The SMILES string of the molecule is CCOC(=O)c1sc(-c2ccccc2)cc1NC(=O)C[n+]1ccc(CC)cc1.